The van der Waals surface area contributed by atoms with Crippen LogP contribution < -0.4 is 10.6 Å². The minimum Gasteiger partial charge on any atom is -0.386 e. The molecule has 140 valence electrons. The maximum absolute atomic E-state index is 13.5. The van der Waals surface area contributed by atoms with Gasteiger partial charge in [0.2, 0.25) is 0 Å². The van der Waals surface area contributed by atoms with Gasteiger partial charge in [0.1, 0.15) is 5.82 Å². The Balaban J connectivity index is 1.62. The lowest BCUT2D eigenvalue weighted by molar-refractivity contribution is -0.136. The van der Waals surface area contributed by atoms with Crippen LogP contribution in [0.1, 0.15) is 17.2 Å². The number of amides is 2. The molecular weight excluding hydrogens is 349 g/mol. The molecule has 1 heterocycles. The summed E-state index contributed by atoms with van der Waals surface area (Å²) in [5.74, 6) is -2.31. The Morgan fingerprint density at radius 2 is 1.93 bits per heavy atom. The summed E-state index contributed by atoms with van der Waals surface area (Å²) in [5.41, 5.74) is 2.25. The first-order chi connectivity index (χ1) is 12.9. The van der Waals surface area contributed by atoms with Crippen molar-refractivity contribution in [3.63, 3.8) is 0 Å². The molecule has 0 fully saturated rings. The average Bonchev–Trinajstić information content (AvgIpc) is 2.99. The first-order valence-corrected chi connectivity index (χ1v) is 8.44. The Morgan fingerprint density at radius 1 is 1.19 bits per heavy atom. The van der Waals surface area contributed by atoms with Gasteiger partial charge in [-0.25, -0.2) is 4.39 Å². The minimum absolute atomic E-state index is 0.123. The van der Waals surface area contributed by atoms with Gasteiger partial charge < -0.3 is 20.3 Å². The van der Waals surface area contributed by atoms with Crippen LogP contribution in [-0.2, 0) is 16.6 Å². The summed E-state index contributed by atoms with van der Waals surface area (Å²) in [6.07, 6.45) is 0.820. The molecule has 0 aliphatic heterocycles. The van der Waals surface area contributed by atoms with Gasteiger partial charge in [0, 0.05) is 41.9 Å². The van der Waals surface area contributed by atoms with E-state index in [1.807, 2.05) is 35.9 Å². The van der Waals surface area contributed by atoms with Gasteiger partial charge in [0.05, 0.1) is 6.10 Å². The molecule has 2 amide bonds. The van der Waals surface area contributed by atoms with Crippen LogP contribution in [0.25, 0.3) is 10.9 Å². The fourth-order valence-electron chi connectivity index (χ4n) is 2.88. The van der Waals surface area contributed by atoms with Crippen molar-refractivity contribution in [3.05, 3.63) is 65.6 Å². The fraction of sp³-hybridized carbons (Fsp3) is 0.200. The summed E-state index contributed by atoms with van der Waals surface area (Å²) in [4.78, 5) is 23.9. The number of carbonyl (C=O) groups is 2. The number of halogens is 1. The van der Waals surface area contributed by atoms with Crippen molar-refractivity contribution < 1.29 is 19.1 Å². The topological polar surface area (TPSA) is 83.4 Å². The Labute approximate surface area is 155 Å². The normalized spacial score (nSPS) is 12.0. The fourth-order valence-corrected chi connectivity index (χ4v) is 2.88. The number of nitrogens with one attached hydrogen (secondary N) is 2. The lowest BCUT2D eigenvalue weighted by atomic mass is 10.1. The minimum atomic E-state index is -0.968. The predicted octanol–water partition coefficient (Wildman–Crippen LogP) is 2.41. The third kappa shape index (κ3) is 3.98. The Bertz CT molecular complexity index is 1010. The van der Waals surface area contributed by atoms with Gasteiger partial charge in [-0.05, 0) is 30.7 Å². The maximum Gasteiger partial charge on any atom is 0.313 e. The second-order valence-corrected chi connectivity index (χ2v) is 6.36. The molecule has 0 bridgehead atoms. The number of hydrogen-bond donors (Lipinski definition) is 3. The number of hydrogen-bond acceptors (Lipinski definition) is 3. The molecule has 0 radical (unpaired) electrons. The van der Waals surface area contributed by atoms with Gasteiger partial charge in [-0.2, -0.15) is 0 Å². The van der Waals surface area contributed by atoms with E-state index in [4.69, 9.17) is 0 Å². The van der Waals surface area contributed by atoms with Gasteiger partial charge in [-0.3, -0.25) is 9.59 Å². The Hall–Kier alpha value is -3.19. The molecule has 0 saturated heterocycles. The standard InChI is InChI=1S/C20H20FN3O3/c1-12-7-8-13(9-16(12)21)23-20(27)19(26)22-10-18(25)15-11-24(2)17-6-4-3-5-14(15)17/h3-9,11,18,25H,10H2,1-2H3,(H,22,26)(H,23,27)/t18-/m0/s1. The second-order valence-electron chi connectivity index (χ2n) is 6.36. The zero-order chi connectivity index (χ0) is 19.6. The molecule has 3 N–H and O–H groups in total. The van der Waals surface area contributed by atoms with Gasteiger partial charge >= 0.3 is 11.8 Å². The Kier molecular flexibility index (Phi) is 5.23. The molecule has 3 aromatic rings. The molecule has 6 nitrogen and oxygen atoms in total. The average molecular weight is 369 g/mol. The molecule has 0 aliphatic rings. The van der Waals surface area contributed by atoms with Crippen LogP contribution in [-0.4, -0.2) is 28.0 Å². The van der Waals surface area contributed by atoms with Gasteiger partial charge in [-0.15, -0.1) is 0 Å². The van der Waals surface area contributed by atoms with Crippen LogP contribution in [0.2, 0.25) is 0 Å². The van der Waals surface area contributed by atoms with Crippen LogP contribution in [0.4, 0.5) is 10.1 Å². The van der Waals surface area contributed by atoms with E-state index in [2.05, 4.69) is 10.6 Å². The highest BCUT2D eigenvalue weighted by Gasteiger charge is 2.19. The number of anilines is 1. The molecule has 2 aromatic carbocycles. The first-order valence-electron chi connectivity index (χ1n) is 8.44. The zero-order valence-corrected chi connectivity index (χ0v) is 15.0. The molecule has 0 aliphatic carbocycles. The molecule has 1 aromatic heterocycles. The number of aliphatic hydroxyl groups is 1. The number of rotatable bonds is 4. The summed E-state index contributed by atoms with van der Waals surface area (Å²) in [6, 6.07) is 11.7. The van der Waals surface area contributed by atoms with Crippen molar-refractivity contribution in [2.75, 3.05) is 11.9 Å². The van der Waals surface area contributed by atoms with Crippen LogP contribution in [0.5, 0.6) is 0 Å². The number of aliphatic hydroxyl groups excluding tert-OH is 1. The van der Waals surface area contributed by atoms with E-state index in [-0.39, 0.29) is 12.2 Å². The second kappa shape index (κ2) is 7.59. The molecule has 3 rings (SSSR count). The summed E-state index contributed by atoms with van der Waals surface area (Å²) in [5, 5.41) is 16.0. The number of carbonyl (C=O) groups excluding carboxylic acids is 2. The van der Waals surface area contributed by atoms with Crippen LogP contribution in [0, 0.1) is 12.7 Å². The van der Waals surface area contributed by atoms with E-state index >= 15 is 0 Å². The van der Waals surface area contributed by atoms with E-state index in [0.29, 0.717) is 11.1 Å². The monoisotopic (exact) mass is 369 g/mol. The molecule has 0 spiro atoms. The van der Waals surface area contributed by atoms with Crippen molar-refractivity contribution in [1.29, 1.82) is 0 Å². The molecule has 0 saturated carbocycles. The van der Waals surface area contributed by atoms with E-state index in [9.17, 15) is 19.1 Å². The van der Waals surface area contributed by atoms with E-state index < -0.39 is 23.7 Å². The number of aromatic nitrogens is 1. The zero-order valence-electron chi connectivity index (χ0n) is 15.0. The Morgan fingerprint density at radius 3 is 2.67 bits per heavy atom. The third-order valence-electron chi connectivity index (χ3n) is 4.38. The third-order valence-corrected chi connectivity index (χ3v) is 4.38. The number of para-hydroxylation sites is 1. The van der Waals surface area contributed by atoms with Gasteiger partial charge in [0.25, 0.3) is 0 Å². The summed E-state index contributed by atoms with van der Waals surface area (Å²) >= 11 is 0. The molecule has 7 heteroatoms. The number of aryl methyl sites for hydroxylation is 2. The molecule has 27 heavy (non-hydrogen) atoms. The highest BCUT2D eigenvalue weighted by molar-refractivity contribution is 6.39. The SMILES string of the molecule is Cc1ccc(NC(=O)C(=O)NC[C@H](O)c2cn(C)c3ccccc23)cc1F. The van der Waals surface area contributed by atoms with Crippen molar-refractivity contribution in [2.45, 2.75) is 13.0 Å². The van der Waals surface area contributed by atoms with Gasteiger partial charge in [0.15, 0.2) is 0 Å². The molecular formula is C20H20FN3O3. The molecule has 0 unspecified atom stereocenters. The molecule has 1 atom stereocenters. The van der Waals surface area contributed by atoms with E-state index in [0.717, 1.165) is 17.0 Å². The quantitative estimate of drug-likeness (QED) is 0.618. The lowest BCUT2D eigenvalue weighted by Crippen LogP contribution is -2.37. The predicted molar refractivity (Wildman–Crippen MR) is 101 cm³/mol. The van der Waals surface area contributed by atoms with Crippen molar-refractivity contribution in [2.24, 2.45) is 7.05 Å². The highest BCUT2D eigenvalue weighted by Crippen LogP contribution is 2.25. The summed E-state index contributed by atoms with van der Waals surface area (Å²) in [7, 11) is 1.87. The lowest BCUT2D eigenvalue weighted by Gasteiger charge is -2.11. The highest BCUT2D eigenvalue weighted by atomic mass is 19.1. The van der Waals surface area contributed by atoms with Crippen LogP contribution in [0.3, 0.4) is 0 Å². The van der Waals surface area contributed by atoms with E-state index in [1.54, 1.807) is 13.1 Å². The van der Waals surface area contributed by atoms with E-state index in [1.165, 1.54) is 12.1 Å². The smallest absolute Gasteiger partial charge is 0.313 e. The number of nitrogens with zero attached hydrogens (tertiary/aromatic N) is 1. The van der Waals surface area contributed by atoms with Crippen molar-refractivity contribution in [3.8, 4) is 0 Å². The van der Waals surface area contributed by atoms with Crippen LogP contribution >= 0.6 is 0 Å². The van der Waals surface area contributed by atoms with Crippen molar-refractivity contribution >= 4 is 28.4 Å². The van der Waals surface area contributed by atoms with Gasteiger partial charge in [-0.1, -0.05) is 24.3 Å². The van der Waals surface area contributed by atoms with Crippen LogP contribution in [0.15, 0.2) is 48.7 Å². The number of fused-ring (bicyclic) bond motifs is 1. The summed E-state index contributed by atoms with van der Waals surface area (Å²) < 4.78 is 15.4. The van der Waals surface area contributed by atoms with Crippen molar-refractivity contribution in [1.82, 2.24) is 9.88 Å². The maximum atomic E-state index is 13.5. The summed E-state index contributed by atoms with van der Waals surface area (Å²) in [6.45, 7) is 1.48. The number of benzene rings is 2. The first kappa shape index (κ1) is 18.6. The largest absolute Gasteiger partial charge is 0.386 e.